The summed E-state index contributed by atoms with van der Waals surface area (Å²) in [6.45, 7) is 1.39. The molecule has 1 aromatic carbocycles. The second-order valence-electron chi connectivity index (χ2n) is 6.67. The molecule has 1 aliphatic rings. The number of aromatic nitrogens is 3. The molecule has 4 rings (SSSR count). The van der Waals surface area contributed by atoms with E-state index in [-0.39, 0.29) is 23.0 Å². The molecule has 1 fully saturated rings. The van der Waals surface area contributed by atoms with Crippen LogP contribution in [-0.2, 0) is 11.8 Å². The van der Waals surface area contributed by atoms with Crippen molar-refractivity contribution in [1.29, 1.82) is 0 Å². The summed E-state index contributed by atoms with van der Waals surface area (Å²) in [6, 6.07) is 4.90. The predicted molar refractivity (Wildman–Crippen MR) is 102 cm³/mol. The third-order valence-electron chi connectivity index (χ3n) is 4.70. The Kier molecular flexibility index (Phi) is 4.91. The molecule has 28 heavy (non-hydrogen) atoms. The summed E-state index contributed by atoms with van der Waals surface area (Å²) >= 11 is 0. The minimum absolute atomic E-state index is 0.0107. The van der Waals surface area contributed by atoms with Gasteiger partial charge < -0.3 is 15.4 Å². The van der Waals surface area contributed by atoms with Crippen LogP contribution in [0.4, 0.5) is 26.1 Å². The number of anilines is 3. The van der Waals surface area contributed by atoms with Crippen molar-refractivity contribution in [3.8, 4) is 0 Å². The summed E-state index contributed by atoms with van der Waals surface area (Å²) < 4.78 is 33.7. The molecule has 2 aromatic heterocycles. The van der Waals surface area contributed by atoms with Gasteiger partial charge in [-0.25, -0.2) is 13.8 Å². The van der Waals surface area contributed by atoms with Gasteiger partial charge in [-0.05, 0) is 31.0 Å². The van der Waals surface area contributed by atoms with Crippen LogP contribution in [-0.4, -0.2) is 33.8 Å². The zero-order valence-electron chi connectivity index (χ0n) is 15.2. The van der Waals surface area contributed by atoms with Crippen molar-refractivity contribution in [2.45, 2.75) is 18.9 Å². The lowest BCUT2D eigenvalue weighted by Gasteiger charge is -2.23. The molecule has 0 bridgehead atoms. The Labute approximate surface area is 159 Å². The maximum atomic E-state index is 13.9. The van der Waals surface area contributed by atoms with Crippen LogP contribution in [0.5, 0.6) is 0 Å². The third-order valence-corrected chi connectivity index (χ3v) is 4.70. The summed E-state index contributed by atoms with van der Waals surface area (Å²) in [5.74, 6) is -1.03. The molecule has 2 N–H and O–H groups in total. The molecule has 0 atom stereocenters. The van der Waals surface area contributed by atoms with Gasteiger partial charge in [0.2, 0.25) is 5.95 Å². The zero-order valence-corrected chi connectivity index (χ0v) is 15.2. The number of rotatable bonds is 4. The molecule has 3 heterocycles. The van der Waals surface area contributed by atoms with Crippen LogP contribution in [0, 0.1) is 11.6 Å². The Morgan fingerprint density at radius 2 is 1.96 bits per heavy atom. The Morgan fingerprint density at radius 1 is 1.18 bits per heavy atom. The number of nitrogens with one attached hydrogen (secondary N) is 2. The van der Waals surface area contributed by atoms with Crippen molar-refractivity contribution >= 4 is 28.4 Å². The van der Waals surface area contributed by atoms with Crippen molar-refractivity contribution in [2.75, 3.05) is 23.8 Å². The van der Waals surface area contributed by atoms with Gasteiger partial charge in [-0.1, -0.05) is 0 Å². The molecule has 1 aliphatic heterocycles. The average molecular weight is 387 g/mol. The Hall–Kier alpha value is -3.07. The zero-order chi connectivity index (χ0) is 19.7. The first kappa shape index (κ1) is 18.3. The number of pyridine rings is 1. The molecule has 7 nitrogen and oxygen atoms in total. The monoisotopic (exact) mass is 387 g/mol. The van der Waals surface area contributed by atoms with Gasteiger partial charge >= 0.3 is 0 Å². The molecule has 0 saturated carbocycles. The molecular weight excluding hydrogens is 368 g/mol. The van der Waals surface area contributed by atoms with Crippen molar-refractivity contribution in [3.05, 3.63) is 52.5 Å². The van der Waals surface area contributed by atoms with Crippen molar-refractivity contribution in [2.24, 2.45) is 7.05 Å². The lowest BCUT2D eigenvalue weighted by molar-refractivity contribution is 0.0903. The highest BCUT2D eigenvalue weighted by atomic mass is 19.1. The van der Waals surface area contributed by atoms with Gasteiger partial charge in [-0.3, -0.25) is 9.36 Å². The minimum Gasteiger partial charge on any atom is -0.381 e. The van der Waals surface area contributed by atoms with Crippen molar-refractivity contribution < 1.29 is 13.5 Å². The number of fused-ring (bicyclic) bond motifs is 1. The highest BCUT2D eigenvalue weighted by Gasteiger charge is 2.16. The van der Waals surface area contributed by atoms with Gasteiger partial charge in [0.15, 0.2) is 0 Å². The van der Waals surface area contributed by atoms with Crippen LogP contribution in [0.2, 0.25) is 0 Å². The average Bonchev–Trinajstić information content (AvgIpc) is 2.69. The number of hydrogen-bond acceptors (Lipinski definition) is 6. The van der Waals surface area contributed by atoms with E-state index in [1.807, 2.05) is 0 Å². The number of ether oxygens (including phenoxy) is 1. The van der Waals surface area contributed by atoms with Gasteiger partial charge in [-0.2, -0.15) is 4.98 Å². The van der Waals surface area contributed by atoms with Gasteiger partial charge in [0, 0.05) is 44.0 Å². The summed E-state index contributed by atoms with van der Waals surface area (Å²) in [4.78, 5) is 21.4. The van der Waals surface area contributed by atoms with Crippen LogP contribution < -0.4 is 16.2 Å². The number of aryl methyl sites for hydroxylation is 1. The quantitative estimate of drug-likeness (QED) is 0.717. The minimum atomic E-state index is -0.783. The predicted octanol–water partition coefficient (Wildman–Crippen LogP) is 2.94. The van der Waals surface area contributed by atoms with E-state index in [4.69, 9.17) is 4.74 Å². The highest BCUT2D eigenvalue weighted by Crippen LogP contribution is 2.22. The maximum absolute atomic E-state index is 13.9. The first-order valence-electron chi connectivity index (χ1n) is 8.94. The number of halogens is 2. The Balaban J connectivity index is 1.66. The number of benzene rings is 1. The van der Waals surface area contributed by atoms with E-state index < -0.39 is 11.6 Å². The van der Waals surface area contributed by atoms with E-state index in [1.165, 1.54) is 10.6 Å². The molecular formula is C19H19F2N5O2. The first-order valence-corrected chi connectivity index (χ1v) is 8.94. The molecule has 0 radical (unpaired) electrons. The van der Waals surface area contributed by atoms with E-state index in [1.54, 1.807) is 19.3 Å². The van der Waals surface area contributed by atoms with E-state index in [0.717, 1.165) is 25.0 Å². The molecule has 9 heteroatoms. The molecule has 3 aromatic rings. The topological polar surface area (TPSA) is 81.1 Å². The summed E-state index contributed by atoms with van der Waals surface area (Å²) in [5.41, 5.74) is 0.234. The fourth-order valence-corrected chi connectivity index (χ4v) is 3.17. The molecule has 0 unspecified atom stereocenters. The fourth-order valence-electron chi connectivity index (χ4n) is 3.17. The molecule has 0 amide bonds. The SMILES string of the molecule is Cn1c(=O)c(Nc2ccc(F)cc2F)cc2cnc(NC3CCOCC3)nc21. The molecule has 146 valence electrons. The fraction of sp³-hybridized carbons (Fsp3) is 0.316. The number of nitrogens with zero attached hydrogens (tertiary/aromatic N) is 3. The van der Waals surface area contributed by atoms with Crippen LogP contribution in [0.25, 0.3) is 11.0 Å². The smallest absolute Gasteiger partial charge is 0.275 e. The van der Waals surface area contributed by atoms with E-state index in [9.17, 15) is 13.6 Å². The van der Waals surface area contributed by atoms with Gasteiger partial charge in [-0.15, -0.1) is 0 Å². The maximum Gasteiger partial charge on any atom is 0.275 e. The van der Waals surface area contributed by atoms with Crippen molar-refractivity contribution in [3.63, 3.8) is 0 Å². The van der Waals surface area contributed by atoms with Crippen molar-refractivity contribution in [1.82, 2.24) is 14.5 Å². The molecule has 0 spiro atoms. The van der Waals surface area contributed by atoms with E-state index in [0.29, 0.717) is 30.2 Å². The van der Waals surface area contributed by atoms with Gasteiger partial charge in [0.25, 0.3) is 5.56 Å². The van der Waals surface area contributed by atoms with Crippen LogP contribution in [0.1, 0.15) is 12.8 Å². The van der Waals surface area contributed by atoms with E-state index in [2.05, 4.69) is 20.6 Å². The normalized spacial score (nSPS) is 15.0. The second-order valence-corrected chi connectivity index (χ2v) is 6.67. The largest absolute Gasteiger partial charge is 0.381 e. The summed E-state index contributed by atoms with van der Waals surface area (Å²) in [5, 5.41) is 6.60. The first-order chi connectivity index (χ1) is 13.5. The summed E-state index contributed by atoms with van der Waals surface area (Å²) in [7, 11) is 1.59. The third kappa shape index (κ3) is 3.65. The lowest BCUT2D eigenvalue weighted by atomic mass is 10.1. The lowest BCUT2D eigenvalue weighted by Crippen LogP contribution is -2.29. The highest BCUT2D eigenvalue weighted by molar-refractivity contribution is 5.80. The van der Waals surface area contributed by atoms with Gasteiger partial charge in [0.1, 0.15) is 23.0 Å². The van der Waals surface area contributed by atoms with Crippen LogP contribution in [0.15, 0.2) is 35.3 Å². The van der Waals surface area contributed by atoms with E-state index >= 15 is 0 Å². The molecule has 1 saturated heterocycles. The second kappa shape index (κ2) is 7.51. The van der Waals surface area contributed by atoms with Crippen LogP contribution in [0.3, 0.4) is 0 Å². The van der Waals surface area contributed by atoms with Crippen LogP contribution >= 0.6 is 0 Å². The Bertz CT molecular complexity index is 1080. The molecule has 0 aliphatic carbocycles. The number of hydrogen-bond donors (Lipinski definition) is 2. The summed E-state index contributed by atoms with van der Waals surface area (Å²) in [6.07, 6.45) is 3.34. The standard InChI is InChI=1S/C19H19F2N5O2/c1-26-17-11(10-22-19(25-17)23-13-4-6-28-7-5-13)8-16(18(26)27)24-15-3-2-12(20)9-14(15)21/h2-3,8-10,13,24H,4-7H2,1H3,(H,22,23,25). The van der Waals surface area contributed by atoms with Gasteiger partial charge in [0.05, 0.1) is 5.69 Å². The Morgan fingerprint density at radius 3 is 2.71 bits per heavy atom.